The van der Waals surface area contributed by atoms with Crippen molar-refractivity contribution >= 4 is 5.69 Å². The summed E-state index contributed by atoms with van der Waals surface area (Å²) in [5.41, 5.74) is -0.0408. The van der Waals surface area contributed by atoms with E-state index in [1.165, 1.54) is 0 Å². The molecular weight excluding hydrogens is 228 g/mol. The molecule has 4 nitrogen and oxygen atoms in total. The highest BCUT2D eigenvalue weighted by molar-refractivity contribution is 5.42. The molecule has 1 N–H and O–H groups in total. The molecule has 0 aromatic heterocycles. The van der Waals surface area contributed by atoms with Crippen molar-refractivity contribution in [2.24, 2.45) is 4.99 Å². The predicted molar refractivity (Wildman–Crippen MR) is 74.5 cm³/mol. The summed E-state index contributed by atoms with van der Waals surface area (Å²) in [4.78, 5) is 27.4. The van der Waals surface area contributed by atoms with Crippen LogP contribution in [0.15, 0.2) is 26.7 Å². The van der Waals surface area contributed by atoms with Crippen LogP contribution in [0.2, 0.25) is 0 Å². The Kier molecular flexibility index (Phi) is 6.19. The molecule has 0 aliphatic heterocycles. The second kappa shape index (κ2) is 7.69. The number of benzene rings is 1. The Morgan fingerprint density at radius 2 is 1.89 bits per heavy atom. The van der Waals surface area contributed by atoms with Gasteiger partial charge in [-0.05, 0) is 12.8 Å². The second-order valence-electron chi connectivity index (χ2n) is 4.33. The normalized spacial score (nSPS) is 11.8. The summed E-state index contributed by atoms with van der Waals surface area (Å²) in [5.74, 6) is 0. The second-order valence-corrected chi connectivity index (χ2v) is 4.33. The Morgan fingerprint density at radius 3 is 2.56 bits per heavy atom. The quantitative estimate of drug-likeness (QED) is 0.588. The Bertz CT molecular complexity index is 520. The summed E-state index contributed by atoms with van der Waals surface area (Å²) in [5, 5.41) is 3.45. The number of nitrogens with zero attached hydrogens (tertiary/aromatic N) is 1. The monoisotopic (exact) mass is 249 g/mol. The van der Waals surface area contributed by atoms with Crippen molar-refractivity contribution in [3.63, 3.8) is 0 Å². The SMILES string of the molecule is CCCCN=c1cc(NCCCC)c(=O)[cH+]c1=O. The van der Waals surface area contributed by atoms with Gasteiger partial charge in [0.15, 0.2) is 5.69 Å². The van der Waals surface area contributed by atoms with Gasteiger partial charge in [0, 0.05) is 6.54 Å². The smallest absolute Gasteiger partial charge is 0.315 e. The maximum absolute atomic E-state index is 11.6. The molecule has 0 fully saturated rings. The fourth-order valence-corrected chi connectivity index (χ4v) is 1.57. The van der Waals surface area contributed by atoms with Crippen molar-refractivity contribution in [2.45, 2.75) is 39.5 Å². The highest BCUT2D eigenvalue weighted by atomic mass is 16.1. The summed E-state index contributed by atoms with van der Waals surface area (Å²) in [6.07, 6.45) is 4.06. The van der Waals surface area contributed by atoms with Crippen LogP contribution >= 0.6 is 0 Å². The summed E-state index contributed by atoms with van der Waals surface area (Å²) in [6, 6.07) is 2.70. The standard InChI is InChI=1S/C14H21N2O2/c1-3-5-7-15-11-9-12(16-8-6-4-2)14(18)10-13(11)17/h9-10,15H,3-8H2,1-2H3/q+1. The molecule has 0 saturated heterocycles. The van der Waals surface area contributed by atoms with Gasteiger partial charge in [-0.25, -0.2) is 4.99 Å². The van der Waals surface area contributed by atoms with E-state index in [1.807, 2.05) is 0 Å². The molecule has 98 valence electrons. The third-order valence-electron chi connectivity index (χ3n) is 2.70. The van der Waals surface area contributed by atoms with E-state index in [1.54, 1.807) is 6.07 Å². The number of anilines is 1. The summed E-state index contributed by atoms with van der Waals surface area (Å²) in [7, 11) is 0. The zero-order valence-corrected chi connectivity index (χ0v) is 11.2. The van der Waals surface area contributed by atoms with Gasteiger partial charge in [-0.15, -0.1) is 0 Å². The van der Waals surface area contributed by atoms with Crippen LogP contribution in [0.25, 0.3) is 0 Å². The summed E-state index contributed by atoms with van der Waals surface area (Å²) in [6.45, 7) is 5.55. The van der Waals surface area contributed by atoms with E-state index in [0.717, 1.165) is 38.3 Å². The van der Waals surface area contributed by atoms with Crippen LogP contribution in [0.3, 0.4) is 0 Å². The van der Waals surface area contributed by atoms with E-state index in [4.69, 9.17) is 0 Å². The van der Waals surface area contributed by atoms with Crippen LogP contribution in [0, 0.1) is 0 Å². The molecule has 0 aliphatic carbocycles. The molecule has 0 aliphatic rings. The first-order valence-electron chi connectivity index (χ1n) is 6.62. The number of hydrogen-bond donors (Lipinski definition) is 1. The Hall–Kier alpha value is -1.58. The van der Waals surface area contributed by atoms with Crippen LogP contribution in [-0.4, -0.2) is 13.1 Å². The molecule has 0 unspecified atom stereocenters. The van der Waals surface area contributed by atoms with Crippen molar-refractivity contribution in [3.05, 3.63) is 37.9 Å². The fourth-order valence-electron chi connectivity index (χ4n) is 1.57. The van der Waals surface area contributed by atoms with Gasteiger partial charge in [0.25, 0.3) is 0 Å². The lowest BCUT2D eigenvalue weighted by atomic mass is 10.2. The van der Waals surface area contributed by atoms with Crippen LogP contribution < -0.4 is 21.5 Å². The average molecular weight is 249 g/mol. The maximum atomic E-state index is 11.6. The minimum Gasteiger partial charge on any atom is -0.330 e. The van der Waals surface area contributed by atoms with Gasteiger partial charge in [-0.2, -0.15) is 0 Å². The topological polar surface area (TPSA) is 58.5 Å². The van der Waals surface area contributed by atoms with E-state index in [0.29, 0.717) is 17.6 Å². The molecule has 1 aromatic carbocycles. The average Bonchev–Trinajstić information content (AvgIpc) is 2.34. The fraction of sp³-hybridized carbons (Fsp3) is 0.571. The molecule has 0 heterocycles. The van der Waals surface area contributed by atoms with Gasteiger partial charge in [0.05, 0.1) is 6.54 Å². The molecule has 0 atom stereocenters. The molecule has 0 amide bonds. The molecule has 1 rings (SSSR count). The molecule has 0 radical (unpaired) electrons. The van der Waals surface area contributed by atoms with Gasteiger partial charge in [-0.1, -0.05) is 26.7 Å². The molecule has 1 aromatic rings. The van der Waals surface area contributed by atoms with Gasteiger partial charge >= 0.3 is 10.9 Å². The van der Waals surface area contributed by atoms with Crippen LogP contribution in [-0.2, 0) is 0 Å². The molecule has 18 heavy (non-hydrogen) atoms. The third-order valence-corrected chi connectivity index (χ3v) is 2.70. The van der Waals surface area contributed by atoms with Crippen LogP contribution in [0.5, 0.6) is 0 Å². The lowest BCUT2D eigenvalue weighted by Crippen LogP contribution is -2.30. The number of nitrogens with one attached hydrogen (secondary N) is 1. The lowest BCUT2D eigenvalue weighted by Gasteiger charge is -1.97. The van der Waals surface area contributed by atoms with Gasteiger partial charge < -0.3 is 5.32 Å². The Morgan fingerprint density at radius 1 is 1.17 bits per heavy atom. The Balaban J connectivity index is 2.92. The molecule has 4 heteroatoms. The number of rotatable bonds is 7. The van der Waals surface area contributed by atoms with Crippen molar-refractivity contribution in [2.75, 3.05) is 18.4 Å². The van der Waals surface area contributed by atoms with Crippen molar-refractivity contribution in [3.8, 4) is 0 Å². The van der Waals surface area contributed by atoms with Crippen LogP contribution in [0.1, 0.15) is 39.5 Å². The highest BCUT2D eigenvalue weighted by Crippen LogP contribution is 1.95. The van der Waals surface area contributed by atoms with Crippen molar-refractivity contribution in [1.29, 1.82) is 0 Å². The molecule has 0 spiro atoms. The van der Waals surface area contributed by atoms with E-state index in [9.17, 15) is 9.59 Å². The minimum atomic E-state index is -0.280. The first-order valence-corrected chi connectivity index (χ1v) is 6.62. The van der Waals surface area contributed by atoms with E-state index in [2.05, 4.69) is 24.2 Å². The van der Waals surface area contributed by atoms with E-state index < -0.39 is 0 Å². The highest BCUT2D eigenvalue weighted by Gasteiger charge is 2.10. The molecule has 0 saturated carbocycles. The first kappa shape index (κ1) is 14.5. The number of unbranched alkanes of at least 4 members (excludes halogenated alkanes) is 2. The van der Waals surface area contributed by atoms with E-state index >= 15 is 0 Å². The van der Waals surface area contributed by atoms with Gasteiger partial charge in [0.2, 0.25) is 5.36 Å². The van der Waals surface area contributed by atoms with E-state index in [-0.39, 0.29) is 10.9 Å². The predicted octanol–water partition coefficient (Wildman–Crippen LogP) is 1.48. The zero-order chi connectivity index (χ0) is 13.4. The van der Waals surface area contributed by atoms with Crippen molar-refractivity contribution < 1.29 is 0 Å². The zero-order valence-electron chi connectivity index (χ0n) is 11.2. The first-order chi connectivity index (χ1) is 8.69. The summed E-state index contributed by atoms with van der Waals surface area (Å²) >= 11 is 0. The maximum Gasteiger partial charge on any atom is 0.315 e. The Labute approximate surface area is 107 Å². The largest absolute Gasteiger partial charge is 0.330 e. The third kappa shape index (κ3) is 4.35. The number of hydrogen-bond acceptors (Lipinski definition) is 4. The molecule has 0 bridgehead atoms. The van der Waals surface area contributed by atoms with Gasteiger partial charge in [0.1, 0.15) is 12.1 Å². The van der Waals surface area contributed by atoms with Crippen LogP contribution in [0.4, 0.5) is 5.69 Å². The minimum absolute atomic E-state index is 0.245. The van der Waals surface area contributed by atoms with Gasteiger partial charge in [-0.3, -0.25) is 9.59 Å². The summed E-state index contributed by atoms with van der Waals surface area (Å²) < 4.78 is 0. The lowest BCUT2D eigenvalue weighted by molar-refractivity contribution is 0.792. The molecular formula is C14H21N2O2+. The van der Waals surface area contributed by atoms with Crippen molar-refractivity contribution in [1.82, 2.24) is 0 Å².